The number of benzene rings is 2. The van der Waals surface area contributed by atoms with Crippen LogP contribution >= 0.6 is 0 Å². The molecule has 0 unspecified atom stereocenters. The predicted octanol–water partition coefficient (Wildman–Crippen LogP) is 4.99. The zero-order valence-corrected chi connectivity index (χ0v) is 15.0. The van der Waals surface area contributed by atoms with Crippen LogP contribution in [-0.2, 0) is 0 Å². The van der Waals surface area contributed by atoms with Crippen LogP contribution < -0.4 is 0 Å². The van der Waals surface area contributed by atoms with E-state index in [9.17, 15) is 0 Å². The average molecular weight is 343 g/mol. The van der Waals surface area contributed by atoms with E-state index in [4.69, 9.17) is 0 Å². The summed E-state index contributed by atoms with van der Waals surface area (Å²) in [6.07, 6.45) is 4.09. The Morgan fingerprint density at radius 2 is 1.81 bits per heavy atom. The van der Waals surface area contributed by atoms with Crippen LogP contribution in [0.4, 0.5) is 0 Å². The molecule has 0 aliphatic heterocycles. The Morgan fingerprint density at radius 3 is 2.50 bits per heavy atom. The lowest BCUT2D eigenvalue weighted by Crippen LogP contribution is -1.97. The summed E-state index contributed by atoms with van der Waals surface area (Å²) < 4.78 is 0. The minimum atomic E-state index is 0.553. The minimum Gasteiger partial charge on any atom is -0.255 e. The average Bonchev–Trinajstić information content (AvgIpc) is 3.23. The van der Waals surface area contributed by atoms with Gasteiger partial charge in [-0.2, -0.15) is 5.21 Å². The first-order chi connectivity index (χ1) is 12.8. The van der Waals surface area contributed by atoms with Crippen LogP contribution in [0.15, 0.2) is 54.7 Å². The van der Waals surface area contributed by atoms with Gasteiger partial charge in [0.2, 0.25) is 5.82 Å². The molecule has 0 aliphatic carbocycles. The molecule has 0 bridgehead atoms. The minimum absolute atomic E-state index is 0.553. The Hall–Kier alpha value is -3.08. The molecule has 5 nitrogen and oxygen atoms in total. The summed E-state index contributed by atoms with van der Waals surface area (Å²) >= 11 is 0. The highest BCUT2D eigenvalue weighted by Gasteiger charge is 2.17. The third kappa shape index (κ3) is 2.86. The van der Waals surface area contributed by atoms with Gasteiger partial charge in [0.25, 0.3) is 0 Å². The molecular formula is C21H21N5. The molecule has 2 aromatic carbocycles. The zero-order chi connectivity index (χ0) is 17.9. The second-order valence-electron chi connectivity index (χ2n) is 6.44. The maximum absolute atomic E-state index is 4.65. The van der Waals surface area contributed by atoms with Crippen LogP contribution in [0.1, 0.15) is 38.2 Å². The highest BCUT2D eigenvalue weighted by molar-refractivity contribution is 6.01. The summed E-state index contributed by atoms with van der Waals surface area (Å²) in [5.74, 6) is 1.11. The van der Waals surface area contributed by atoms with Gasteiger partial charge < -0.3 is 0 Å². The van der Waals surface area contributed by atoms with Crippen LogP contribution in [0.5, 0.6) is 0 Å². The number of rotatable bonds is 5. The number of aromatic nitrogens is 5. The van der Waals surface area contributed by atoms with Crippen LogP contribution in [0.2, 0.25) is 0 Å². The molecule has 5 heteroatoms. The monoisotopic (exact) mass is 343 g/mol. The fourth-order valence-electron chi connectivity index (χ4n) is 3.59. The van der Waals surface area contributed by atoms with E-state index in [0.29, 0.717) is 11.7 Å². The Labute approximate surface area is 152 Å². The van der Waals surface area contributed by atoms with E-state index in [1.807, 2.05) is 24.4 Å². The molecule has 130 valence electrons. The molecular weight excluding hydrogens is 322 g/mol. The summed E-state index contributed by atoms with van der Waals surface area (Å²) in [6.45, 7) is 4.48. The molecule has 0 spiro atoms. The molecule has 0 radical (unpaired) electrons. The first kappa shape index (κ1) is 16.4. The van der Waals surface area contributed by atoms with E-state index < -0.39 is 0 Å². The summed E-state index contributed by atoms with van der Waals surface area (Å²) in [7, 11) is 0. The molecule has 0 amide bonds. The lowest BCUT2D eigenvalue weighted by molar-refractivity contribution is 0.642. The van der Waals surface area contributed by atoms with Gasteiger partial charge in [0, 0.05) is 22.7 Å². The highest BCUT2D eigenvalue weighted by Crippen LogP contribution is 2.37. The van der Waals surface area contributed by atoms with Gasteiger partial charge in [-0.25, -0.2) is 0 Å². The van der Waals surface area contributed by atoms with Crippen LogP contribution in [0.25, 0.3) is 33.4 Å². The number of hydrogen-bond acceptors (Lipinski definition) is 4. The molecule has 0 aliphatic rings. The van der Waals surface area contributed by atoms with Crippen LogP contribution in [0, 0.1) is 0 Å². The van der Waals surface area contributed by atoms with Crippen molar-refractivity contribution in [2.24, 2.45) is 0 Å². The van der Waals surface area contributed by atoms with Crippen molar-refractivity contribution in [1.82, 2.24) is 25.6 Å². The molecule has 26 heavy (non-hydrogen) atoms. The molecule has 4 rings (SSSR count). The second kappa shape index (κ2) is 7.04. The third-order valence-corrected chi connectivity index (χ3v) is 5.00. The van der Waals surface area contributed by atoms with E-state index in [-0.39, 0.29) is 0 Å². The predicted molar refractivity (Wildman–Crippen MR) is 104 cm³/mol. The zero-order valence-electron chi connectivity index (χ0n) is 15.0. The maximum atomic E-state index is 4.65. The van der Waals surface area contributed by atoms with E-state index in [1.165, 1.54) is 5.56 Å². The largest absolute Gasteiger partial charge is 0.255 e. The number of aromatic amines is 1. The van der Waals surface area contributed by atoms with Gasteiger partial charge in [-0.05, 0) is 47.2 Å². The highest BCUT2D eigenvalue weighted by atomic mass is 15.5. The number of nitrogens with one attached hydrogen (secondary N) is 1. The van der Waals surface area contributed by atoms with E-state index in [0.717, 1.165) is 40.4 Å². The van der Waals surface area contributed by atoms with Gasteiger partial charge >= 0.3 is 0 Å². The molecule has 0 atom stereocenters. The first-order valence-corrected chi connectivity index (χ1v) is 9.03. The molecule has 0 saturated carbocycles. The normalized spacial score (nSPS) is 11.3. The van der Waals surface area contributed by atoms with Gasteiger partial charge in [-0.15, -0.1) is 10.2 Å². The van der Waals surface area contributed by atoms with Crippen molar-refractivity contribution in [1.29, 1.82) is 0 Å². The molecule has 2 heterocycles. The number of hydrogen-bond donors (Lipinski definition) is 1. The first-order valence-electron chi connectivity index (χ1n) is 9.03. The van der Waals surface area contributed by atoms with E-state index in [2.05, 4.69) is 69.8 Å². The number of H-pyrrole nitrogens is 1. The SMILES string of the molecule is CCC(CC)c1ccc2ncc(-c3nn[nH]n3)c(-c3ccccc3)c2c1. The Kier molecular flexibility index (Phi) is 4.44. The number of tetrazole rings is 1. The van der Waals surface area contributed by atoms with Gasteiger partial charge in [0.15, 0.2) is 0 Å². The number of nitrogens with zero attached hydrogens (tertiary/aromatic N) is 4. The van der Waals surface area contributed by atoms with E-state index in [1.54, 1.807) is 0 Å². The Balaban J connectivity index is 2.03. The smallest absolute Gasteiger partial charge is 0.206 e. The molecule has 4 aromatic rings. The van der Waals surface area contributed by atoms with Crippen molar-refractivity contribution in [3.8, 4) is 22.5 Å². The van der Waals surface area contributed by atoms with E-state index >= 15 is 0 Å². The fourth-order valence-corrected chi connectivity index (χ4v) is 3.59. The van der Waals surface area contributed by atoms with Crippen LogP contribution in [-0.4, -0.2) is 25.6 Å². The third-order valence-electron chi connectivity index (χ3n) is 5.00. The lowest BCUT2D eigenvalue weighted by Gasteiger charge is -2.16. The van der Waals surface area contributed by atoms with Gasteiger partial charge in [0.05, 0.1) is 5.52 Å². The van der Waals surface area contributed by atoms with Crippen molar-refractivity contribution in [2.75, 3.05) is 0 Å². The van der Waals surface area contributed by atoms with Gasteiger partial charge in [-0.1, -0.05) is 50.2 Å². The lowest BCUT2D eigenvalue weighted by atomic mass is 9.90. The standard InChI is InChI=1S/C21H21N5/c1-3-14(4-2)16-10-11-19-17(12-16)20(15-8-6-5-7-9-15)18(13-22-19)21-23-25-26-24-21/h5-14H,3-4H2,1-2H3,(H,23,24,25,26). The topological polar surface area (TPSA) is 67.3 Å². The fraction of sp³-hybridized carbons (Fsp3) is 0.238. The van der Waals surface area contributed by atoms with Crippen molar-refractivity contribution in [3.63, 3.8) is 0 Å². The Bertz CT molecular complexity index is 1010. The maximum Gasteiger partial charge on any atom is 0.206 e. The summed E-state index contributed by atoms with van der Waals surface area (Å²) in [5, 5.41) is 15.8. The summed E-state index contributed by atoms with van der Waals surface area (Å²) in [6, 6.07) is 17.0. The van der Waals surface area contributed by atoms with Gasteiger partial charge in [0.1, 0.15) is 0 Å². The molecule has 0 fully saturated rings. The number of pyridine rings is 1. The second-order valence-corrected chi connectivity index (χ2v) is 6.44. The van der Waals surface area contributed by atoms with Crippen LogP contribution in [0.3, 0.4) is 0 Å². The summed E-state index contributed by atoms with van der Waals surface area (Å²) in [4.78, 5) is 4.65. The Morgan fingerprint density at radius 1 is 1.00 bits per heavy atom. The molecule has 0 saturated heterocycles. The quantitative estimate of drug-likeness (QED) is 0.554. The van der Waals surface area contributed by atoms with Crippen molar-refractivity contribution < 1.29 is 0 Å². The molecule has 1 N–H and O–H groups in total. The van der Waals surface area contributed by atoms with Gasteiger partial charge in [-0.3, -0.25) is 4.98 Å². The molecule has 2 aromatic heterocycles. The number of fused-ring (bicyclic) bond motifs is 1. The van der Waals surface area contributed by atoms with Crippen molar-refractivity contribution in [2.45, 2.75) is 32.6 Å². The van der Waals surface area contributed by atoms with Crippen molar-refractivity contribution >= 4 is 10.9 Å². The van der Waals surface area contributed by atoms with Crippen molar-refractivity contribution in [3.05, 3.63) is 60.3 Å². The summed E-state index contributed by atoms with van der Waals surface area (Å²) in [5.41, 5.74) is 5.45.